The van der Waals surface area contributed by atoms with Gasteiger partial charge in [-0.2, -0.15) is 10.2 Å². The van der Waals surface area contributed by atoms with Gasteiger partial charge >= 0.3 is 0 Å². The van der Waals surface area contributed by atoms with Gasteiger partial charge in [0.15, 0.2) is 5.78 Å². The lowest BCUT2D eigenvalue weighted by molar-refractivity contribution is 0.0975. The van der Waals surface area contributed by atoms with Gasteiger partial charge in [-0.3, -0.25) is 4.79 Å². The smallest absolute Gasteiger partial charge is 0.215 e. The topological polar surface area (TPSA) is 77.4 Å². The lowest BCUT2D eigenvalue weighted by atomic mass is 9.94. The van der Waals surface area contributed by atoms with Gasteiger partial charge in [-0.1, -0.05) is 19.1 Å². The molecule has 2 aromatic heterocycles. The normalized spacial score (nSPS) is 18.5. The van der Waals surface area contributed by atoms with E-state index in [9.17, 15) is 4.79 Å². The van der Waals surface area contributed by atoms with Crippen molar-refractivity contribution in [1.29, 1.82) is 0 Å². The summed E-state index contributed by atoms with van der Waals surface area (Å²) < 4.78 is 12.1. The zero-order valence-electron chi connectivity index (χ0n) is 19.5. The summed E-state index contributed by atoms with van der Waals surface area (Å²) >= 11 is 0. The standard InChI is InChI=1S/C27H30N4O3/c1-19(14-26(32)22-8-12-29-30-16-22)21-4-6-24(7-5-21)34-25-10-13-31(17-25)23-9-11-28-27(15-23)33-18-20-2-3-20/h4-9,11-12,15-16,19-20,25H,2-3,10,13-14,17-18H2,1H3/t19-,25?/m1/s1. The molecule has 1 aliphatic carbocycles. The summed E-state index contributed by atoms with van der Waals surface area (Å²) in [5, 5.41) is 7.52. The fraction of sp³-hybridized carbons (Fsp3) is 0.407. The van der Waals surface area contributed by atoms with E-state index in [0.717, 1.165) is 43.1 Å². The maximum atomic E-state index is 12.5. The van der Waals surface area contributed by atoms with Gasteiger partial charge in [-0.15, -0.1) is 0 Å². The van der Waals surface area contributed by atoms with Gasteiger partial charge in [0, 0.05) is 42.9 Å². The van der Waals surface area contributed by atoms with Crippen molar-refractivity contribution < 1.29 is 14.3 Å². The molecular weight excluding hydrogens is 428 g/mol. The number of carbonyl (C=O) groups is 1. The van der Waals surface area contributed by atoms with Gasteiger partial charge in [0.1, 0.15) is 11.9 Å². The number of nitrogens with zero attached hydrogens (tertiary/aromatic N) is 4. The summed E-state index contributed by atoms with van der Waals surface area (Å²) in [5.41, 5.74) is 2.85. The number of carbonyl (C=O) groups excluding carboxylic acids is 1. The van der Waals surface area contributed by atoms with E-state index in [1.807, 2.05) is 30.5 Å². The summed E-state index contributed by atoms with van der Waals surface area (Å²) in [6.45, 7) is 4.61. The molecule has 0 radical (unpaired) electrons. The third-order valence-electron chi connectivity index (χ3n) is 6.54. The summed E-state index contributed by atoms with van der Waals surface area (Å²) in [7, 11) is 0. The van der Waals surface area contributed by atoms with E-state index in [-0.39, 0.29) is 17.8 Å². The minimum absolute atomic E-state index is 0.0750. The number of hydrogen-bond donors (Lipinski definition) is 0. The quantitative estimate of drug-likeness (QED) is 0.408. The van der Waals surface area contributed by atoms with E-state index in [4.69, 9.17) is 9.47 Å². The van der Waals surface area contributed by atoms with E-state index in [1.165, 1.54) is 19.0 Å². The fourth-order valence-electron chi connectivity index (χ4n) is 4.26. The van der Waals surface area contributed by atoms with Crippen LogP contribution in [-0.4, -0.2) is 46.8 Å². The molecule has 1 saturated carbocycles. The minimum atomic E-state index is 0.0750. The molecule has 7 heteroatoms. The number of hydrogen-bond acceptors (Lipinski definition) is 7. The maximum absolute atomic E-state index is 12.5. The molecule has 0 bridgehead atoms. The average Bonchev–Trinajstić information content (AvgIpc) is 3.60. The van der Waals surface area contributed by atoms with E-state index in [1.54, 1.807) is 12.3 Å². The predicted octanol–water partition coefficient (Wildman–Crippen LogP) is 4.69. The average molecular weight is 459 g/mol. The highest BCUT2D eigenvalue weighted by Gasteiger charge is 2.25. The molecule has 0 amide bonds. The Hall–Kier alpha value is -3.48. The molecule has 2 fully saturated rings. The molecule has 2 atom stereocenters. The Morgan fingerprint density at radius 1 is 1.09 bits per heavy atom. The van der Waals surface area contributed by atoms with Gasteiger partial charge < -0.3 is 14.4 Å². The van der Waals surface area contributed by atoms with Crippen LogP contribution in [0.3, 0.4) is 0 Å². The van der Waals surface area contributed by atoms with E-state index < -0.39 is 0 Å². The van der Waals surface area contributed by atoms with Crippen LogP contribution in [-0.2, 0) is 0 Å². The van der Waals surface area contributed by atoms with Crippen LogP contribution in [0.15, 0.2) is 61.1 Å². The van der Waals surface area contributed by atoms with E-state index in [0.29, 0.717) is 23.8 Å². The van der Waals surface area contributed by atoms with Crippen molar-refractivity contribution in [1.82, 2.24) is 15.2 Å². The monoisotopic (exact) mass is 458 g/mol. The molecule has 34 heavy (non-hydrogen) atoms. The molecule has 1 aromatic carbocycles. The second-order valence-electron chi connectivity index (χ2n) is 9.31. The predicted molar refractivity (Wildman–Crippen MR) is 130 cm³/mol. The lowest BCUT2D eigenvalue weighted by Gasteiger charge is -2.20. The van der Waals surface area contributed by atoms with Gasteiger partial charge in [-0.05, 0) is 54.5 Å². The third kappa shape index (κ3) is 5.71. The van der Waals surface area contributed by atoms with Crippen LogP contribution >= 0.6 is 0 Å². The molecule has 1 aliphatic heterocycles. The zero-order valence-corrected chi connectivity index (χ0v) is 19.5. The number of anilines is 1. The Labute approximate surface area is 200 Å². The molecule has 2 aliphatic rings. The van der Waals surface area contributed by atoms with Gasteiger partial charge in [0.2, 0.25) is 5.88 Å². The Balaban J connectivity index is 1.13. The fourth-order valence-corrected chi connectivity index (χ4v) is 4.26. The number of aromatic nitrogens is 3. The number of Topliss-reactive ketones (excluding diaryl/α,β-unsaturated/α-hetero) is 1. The molecule has 0 spiro atoms. The number of pyridine rings is 1. The van der Waals surface area contributed by atoms with Crippen molar-refractivity contribution in [2.75, 3.05) is 24.6 Å². The maximum Gasteiger partial charge on any atom is 0.215 e. The Morgan fingerprint density at radius 2 is 1.94 bits per heavy atom. The van der Waals surface area contributed by atoms with Gasteiger partial charge in [-0.25, -0.2) is 4.98 Å². The molecule has 3 aromatic rings. The number of benzene rings is 1. The Bertz CT molecular complexity index is 1100. The Morgan fingerprint density at radius 3 is 2.71 bits per heavy atom. The third-order valence-corrected chi connectivity index (χ3v) is 6.54. The van der Waals surface area contributed by atoms with Crippen molar-refractivity contribution in [3.05, 3.63) is 72.2 Å². The first-order valence-corrected chi connectivity index (χ1v) is 12.0. The molecule has 1 unspecified atom stereocenters. The van der Waals surface area contributed by atoms with Crippen LogP contribution in [0.5, 0.6) is 11.6 Å². The number of ether oxygens (including phenoxy) is 2. The molecular formula is C27H30N4O3. The number of ketones is 1. The summed E-state index contributed by atoms with van der Waals surface area (Å²) in [6.07, 6.45) is 8.96. The zero-order chi connectivity index (χ0) is 23.3. The Kier molecular flexibility index (Phi) is 6.70. The van der Waals surface area contributed by atoms with Gasteiger partial charge in [0.25, 0.3) is 0 Å². The van der Waals surface area contributed by atoms with Crippen LogP contribution in [0.2, 0.25) is 0 Å². The van der Waals surface area contributed by atoms with Crippen molar-refractivity contribution >= 4 is 11.5 Å². The SMILES string of the molecule is C[C@H](CC(=O)c1ccnnc1)c1ccc(OC2CCN(c3ccnc(OCC4CC4)c3)C2)cc1. The van der Waals surface area contributed by atoms with Gasteiger partial charge in [0.05, 0.1) is 25.5 Å². The van der Waals surface area contributed by atoms with Crippen molar-refractivity contribution in [2.45, 2.75) is 44.6 Å². The second-order valence-corrected chi connectivity index (χ2v) is 9.31. The largest absolute Gasteiger partial charge is 0.489 e. The number of rotatable bonds is 10. The first-order valence-electron chi connectivity index (χ1n) is 12.0. The first-order chi connectivity index (χ1) is 16.6. The van der Waals surface area contributed by atoms with Crippen LogP contribution in [0.1, 0.15) is 54.4 Å². The molecule has 7 nitrogen and oxygen atoms in total. The highest BCUT2D eigenvalue weighted by atomic mass is 16.5. The van der Waals surface area contributed by atoms with Crippen LogP contribution < -0.4 is 14.4 Å². The highest BCUT2D eigenvalue weighted by Crippen LogP contribution is 2.31. The van der Waals surface area contributed by atoms with Crippen molar-refractivity contribution in [3.8, 4) is 11.6 Å². The molecule has 176 valence electrons. The lowest BCUT2D eigenvalue weighted by Crippen LogP contribution is -2.24. The van der Waals surface area contributed by atoms with E-state index >= 15 is 0 Å². The summed E-state index contributed by atoms with van der Waals surface area (Å²) in [5.74, 6) is 2.46. The van der Waals surface area contributed by atoms with Crippen LogP contribution in [0.4, 0.5) is 5.69 Å². The summed E-state index contributed by atoms with van der Waals surface area (Å²) in [6, 6.07) is 13.9. The first kappa shape index (κ1) is 22.3. The molecule has 3 heterocycles. The molecule has 0 N–H and O–H groups in total. The highest BCUT2D eigenvalue weighted by molar-refractivity contribution is 5.96. The second kappa shape index (κ2) is 10.2. The van der Waals surface area contributed by atoms with Crippen molar-refractivity contribution in [3.63, 3.8) is 0 Å². The minimum Gasteiger partial charge on any atom is -0.489 e. The molecule has 5 rings (SSSR count). The van der Waals surface area contributed by atoms with Crippen molar-refractivity contribution in [2.24, 2.45) is 5.92 Å². The van der Waals surface area contributed by atoms with E-state index in [2.05, 4.69) is 39.1 Å². The van der Waals surface area contributed by atoms with Crippen LogP contribution in [0.25, 0.3) is 0 Å². The van der Waals surface area contributed by atoms with Crippen LogP contribution in [0, 0.1) is 5.92 Å². The summed E-state index contributed by atoms with van der Waals surface area (Å²) in [4.78, 5) is 19.1. The molecule has 1 saturated heterocycles.